The van der Waals surface area contributed by atoms with Crippen molar-refractivity contribution in [2.24, 2.45) is 0 Å². The van der Waals surface area contributed by atoms with Gasteiger partial charge in [-0.2, -0.15) is 0 Å². The number of aromatic nitrogens is 1. The normalized spacial score (nSPS) is 13.4. The molecular weight excluding hydrogens is 414 g/mol. The van der Waals surface area contributed by atoms with Crippen LogP contribution in [0.2, 0.25) is 0 Å². The van der Waals surface area contributed by atoms with Crippen LogP contribution in [0.15, 0.2) is 65.7 Å². The second-order valence-electron chi connectivity index (χ2n) is 7.44. The molecule has 31 heavy (non-hydrogen) atoms. The monoisotopic (exact) mass is 433 g/mol. The van der Waals surface area contributed by atoms with Gasteiger partial charge in [0.2, 0.25) is 5.91 Å². The van der Waals surface area contributed by atoms with Gasteiger partial charge >= 0.3 is 0 Å². The average Bonchev–Trinajstić information content (AvgIpc) is 3.28. The molecule has 1 amide bonds. The van der Waals surface area contributed by atoms with E-state index in [-0.39, 0.29) is 16.7 Å². The van der Waals surface area contributed by atoms with Gasteiger partial charge in [0, 0.05) is 47.1 Å². The number of nitrogens with one attached hydrogen (secondary N) is 1. The van der Waals surface area contributed by atoms with Gasteiger partial charge in [-0.05, 0) is 49.4 Å². The molecule has 0 saturated heterocycles. The van der Waals surface area contributed by atoms with Crippen molar-refractivity contribution < 1.29 is 18.0 Å². The zero-order valence-corrected chi connectivity index (χ0v) is 17.7. The summed E-state index contributed by atoms with van der Waals surface area (Å²) in [6.45, 7) is 3.86. The summed E-state index contributed by atoms with van der Waals surface area (Å²) in [5, 5.41) is 1.92. The van der Waals surface area contributed by atoms with E-state index in [4.69, 9.17) is 0 Å². The topological polar surface area (TPSA) is 88.5 Å². The van der Waals surface area contributed by atoms with Gasteiger partial charge in [0.25, 0.3) is 15.9 Å². The fourth-order valence-corrected chi connectivity index (χ4v) is 5.51. The van der Waals surface area contributed by atoms with Crippen molar-refractivity contribution in [2.45, 2.75) is 18.7 Å². The van der Waals surface area contributed by atoms with Crippen LogP contribution in [0.1, 0.15) is 29.0 Å². The Morgan fingerprint density at radius 1 is 1.06 bits per heavy atom. The Bertz CT molecular complexity index is 1520. The molecule has 0 bridgehead atoms. The highest BCUT2D eigenvalue weighted by atomic mass is 32.2. The van der Waals surface area contributed by atoms with Crippen LogP contribution in [0.4, 0.5) is 11.4 Å². The molecular formula is C23H19N3O4S. The highest BCUT2D eigenvalue weighted by Gasteiger charge is 2.31. The first-order valence-electron chi connectivity index (χ1n) is 9.84. The van der Waals surface area contributed by atoms with E-state index in [0.29, 0.717) is 34.1 Å². The molecule has 0 saturated carbocycles. The highest BCUT2D eigenvalue weighted by molar-refractivity contribution is 7.93. The molecule has 2 heterocycles. The zero-order valence-electron chi connectivity index (χ0n) is 16.9. The molecule has 0 spiro atoms. The number of benzene rings is 3. The molecule has 8 heteroatoms. The summed E-state index contributed by atoms with van der Waals surface area (Å²) in [7, 11) is -3.92. The summed E-state index contributed by atoms with van der Waals surface area (Å²) in [6.07, 6.45) is 1.66. The number of hydrogen-bond donors (Lipinski definition) is 1. The maximum atomic E-state index is 13.3. The predicted molar refractivity (Wildman–Crippen MR) is 120 cm³/mol. The summed E-state index contributed by atoms with van der Waals surface area (Å²) >= 11 is 0. The maximum absolute atomic E-state index is 13.3. The standard InChI is InChI=1S/C23H19N3O4S/c1-3-25-20-9-10-21(17-5-4-6-18(22(17)20)23(25)28)31(29,30)24-16-7-8-19-15(13-16)11-12-26(19)14(2)27/h4-13,24H,3H2,1-2H3. The summed E-state index contributed by atoms with van der Waals surface area (Å²) in [5.74, 6) is -0.238. The number of rotatable bonds is 4. The van der Waals surface area contributed by atoms with E-state index < -0.39 is 10.0 Å². The number of anilines is 2. The van der Waals surface area contributed by atoms with Crippen LogP contribution in [0.5, 0.6) is 0 Å². The van der Waals surface area contributed by atoms with Crippen molar-refractivity contribution in [3.63, 3.8) is 0 Å². The molecule has 156 valence electrons. The lowest BCUT2D eigenvalue weighted by atomic mass is 10.1. The Balaban J connectivity index is 1.60. The smallest absolute Gasteiger partial charge is 0.262 e. The largest absolute Gasteiger partial charge is 0.308 e. The minimum absolute atomic E-state index is 0.111. The first-order valence-corrected chi connectivity index (χ1v) is 11.3. The third-order valence-corrected chi connectivity index (χ3v) is 7.07. The Labute approximate surface area is 178 Å². The number of hydrogen-bond acceptors (Lipinski definition) is 4. The molecule has 1 aliphatic rings. The molecule has 1 aromatic heterocycles. The lowest BCUT2D eigenvalue weighted by Crippen LogP contribution is -2.25. The van der Waals surface area contributed by atoms with Gasteiger partial charge in [-0.25, -0.2) is 8.42 Å². The number of nitrogens with zero attached hydrogens (tertiary/aromatic N) is 2. The van der Waals surface area contributed by atoms with Gasteiger partial charge in [0.05, 0.1) is 16.1 Å². The van der Waals surface area contributed by atoms with Crippen molar-refractivity contribution >= 4 is 54.9 Å². The molecule has 1 N–H and O–H groups in total. The molecule has 0 fully saturated rings. The predicted octanol–water partition coefficient (Wildman–Crippen LogP) is 4.24. The van der Waals surface area contributed by atoms with Crippen LogP contribution in [0, 0.1) is 0 Å². The SMILES string of the molecule is CCN1C(=O)c2cccc3c(S(=O)(=O)Nc4ccc5c(ccn5C(C)=O)c4)ccc1c23. The van der Waals surface area contributed by atoms with E-state index in [0.717, 1.165) is 11.1 Å². The van der Waals surface area contributed by atoms with Crippen molar-refractivity contribution in [3.05, 3.63) is 66.4 Å². The van der Waals surface area contributed by atoms with E-state index in [1.165, 1.54) is 17.6 Å². The quantitative estimate of drug-likeness (QED) is 0.522. The second-order valence-corrected chi connectivity index (χ2v) is 9.10. The van der Waals surface area contributed by atoms with Crippen LogP contribution in [0.25, 0.3) is 21.7 Å². The third kappa shape index (κ3) is 2.83. The van der Waals surface area contributed by atoms with E-state index >= 15 is 0 Å². The minimum atomic E-state index is -3.92. The number of carbonyl (C=O) groups excluding carboxylic acids is 2. The summed E-state index contributed by atoms with van der Waals surface area (Å²) in [4.78, 5) is 26.1. The van der Waals surface area contributed by atoms with Crippen LogP contribution >= 0.6 is 0 Å². The van der Waals surface area contributed by atoms with Gasteiger partial charge in [-0.15, -0.1) is 0 Å². The van der Waals surface area contributed by atoms with Gasteiger partial charge in [0.15, 0.2) is 0 Å². The summed E-state index contributed by atoms with van der Waals surface area (Å²) in [6, 6.07) is 15.2. The molecule has 1 aliphatic heterocycles. The van der Waals surface area contributed by atoms with Gasteiger partial charge < -0.3 is 4.90 Å². The van der Waals surface area contributed by atoms with Crippen LogP contribution < -0.4 is 9.62 Å². The molecule has 5 rings (SSSR count). The second kappa shape index (κ2) is 6.68. The minimum Gasteiger partial charge on any atom is -0.308 e. The highest BCUT2D eigenvalue weighted by Crippen LogP contribution is 2.40. The molecule has 0 atom stereocenters. The maximum Gasteiger partial charge on any atom is 0.262 e. The fraction of sp³-hybridized carbons (Fsp3) is 0.130. The Hall–Kier alpha value is -3.65. The van der Waals surface area contributed by atoms with Gasteiger partial charge in [-0.1, -0.05) is 12.1 Å². The Kier molecular flexibility index (Phi) is 4.16. The summed E-state index contributed by atoms with van der Waals surface area (Å²) < 4.78 is 30.7. The van der Waals surface area contributed by atoms with E-state index in [2.05, 4.69) is 4.72 Å². The van der Waals surface area contributed by atoms with Crippen molar-refractivity contribution in [3.8, 4) is 0 Å². The molecule has 4 aromatic rings. The number of amides is 1. The first kappa shape index (κ1) is 19.3. The van der Waals surface area contributed by atoms with Crippen molar-refractivity contribution in [1.29, 1.82) is 0 Å². The lowest BCUT2D eigenvalue weighted by molar-refractivity contribution is 0.0940. The van der Waals surface area contributed by atoms with Gasteiger partial charge in [0.1, 0.15) is 0 Å². The van der Waals surface area contributed by atoms with E-state index in [1.54, 1.807) is 59.6 Å². The van der Waals surface area contributed by atoms with E-state index in [9.17, 15) is 18.0 Å². The van der Waals surface area contributed by atoms with Crippen LogP contribution in [-0.4, -0.2) is 31.3 Å². The zero-order chi connectivity index (χ0) is 21.9. The number of carbonyl (C=O) groups is 2. The number of sulfonamides is 1. The molecule has 0 aliphatic carbocycles. The van der Waals surface area contributed by atoms with Crippen LogP contribution in [-0.2, 0) is 10.0 Å². The average molecular weight is 433 g/mol. The Morgan fingerprint density at radius 2 is 1.87 bits per heavy atom. The fourth-order valence-electron chi connectivity index (χ4n) is 4.26. The molecule has 3 aromatic carbocycles. The van der Waals surface area contributed by atoms with Crippen molar-refractivity contribution in [1.82, 2.24) is 4.57 Å². The lowest BCUT2D eigenvalue weighted by Gasteiger charge is -2.16. The first-order chi connectivity index (χ1) is 14.8. The van der Waals surface area contributed by atoms with Gasteiger partial charge in [-0.3, -0.25) is 18.9 Å². The molecule has 0 unspecified atom stereocenters. The molecule has 7 nitrogen and oxygen atoms in total. The van der Waals surface area contributed by atoms with E-state index in [1.807, 2.05) is 6.92 Å². The Morgan fingerprint density at radius 3 is 2.61 bits per heavy atom. The van der Waals surface area contributed by atoms with Crippen LogP contribution in [0.3, 0.4) is 0 Å². The summed E-state index contributed by atoms with van der Waals surface area (Å²) in [5.41, 5.74) is 2.34. The number of fused-ring (bicyclic) bond motifs is 1. The van der Waals surface area contributed by atoms with Crippen molar-refractivity contribution in [2.75, 3.05) is 16.2 Å². The molecule has 0 radical (unpaired) electrons. The third-order valence-electron chi connectivity index (χ3n) is 5.63.